The van der Waals surface area contributed by atoms with Crippen molar-refractivity contribution < 1.29 is 13.7 Å². The number of hydrogen-bond donors (Lipinski definition) is 0. The molecule has 0 atom stereocenters. The largest absolute Gasteiger partial charge is 0.425 e. The van der Waals surface area contributed by atoms with Gasteiger partial charge in [0.2, 0.25) is 11.8 Å². The SMILES string of the molecule is Cc1nnc(C2CCN(C(=O)c3cc(-c4ccc(Cl)cc4)on3)CC2)o1. The van der Waals surface area contributed by atoms with Gasteiger partial charge >= 0.3 is 0 Å². The number of nitrogens with zero attached hydrogens (tertiary/aromatic N) is 4. The summed E-state index contributed by atoms with van der Waals surface area (Å²) in [5, 5.41) is 12.5. The number of aromatic nitrogens is 3. The van der Waals surface area contributed by atoms with Gasteiger partial charge in [-0.1, -0.05) is 16.8 Å². The molecule has 0 bridgehead atoms. The molecule has 3 aromatic rings. The Labute approximate surface area is 154 Å². The van der Waals surface area contributed by atoms with Crippen molar-refractivity contribution in [2.75, 3.05) is 13.1 Å². The standard InChI is InChI=1S/C18H17ClN4O3/c1-11-20-21-17(25-11)13-6-8-23(9-7-13)18(24)15-10-16(26-22-15)12-2-4-14(19)5-3-12/h2-5,10,13H,6-9H2,1H3. The Balaban J connectivity index is 1.42. The molecule has 0 radical (unpaired) electrons. The van der Waals surface area contributed by atoms with Crippen molar-refractivity contribution in [1.82, 2.24) is 20.3 Å². The first kappa shape index (κ1) is 16.8. The third kappa shape index (κ3) is 3.35. The van der Waals surface area contributed by atoms with Crippen LogP contribution in [0.5, 0.6) is 0 Å². The van der Waals surface area contributed by atoms with E-state index in [9.17, 15) is 4.79 Å². The Morgan fingerprint density at radius 3 is 2.58 bits per heavy atom. The van der Waals surface area contributed by atoms with Gasteiger partial charge < -0.3 is 13.8 Å². The Kier molecular flexibility index (Phi) is 4.46. The fraction of sp³-hybridized carbons (Fsp3) is 0.333. The second kappa shape index (κ2) is 6.92. The highest BCUT2D eigenvalue weighted by atomic mass is 35.5. The number of halogens is 1. The van der Waals surface area contributed by atoms with E-state index in [1.165, 1.54) is 0 Å². The zero-order chi connectivity index (χ0) is 18.1. The van der Waals surface area contributed by atoms with Gasteiger partial charge in [-0.3, -0.25) is 4.79 Å². The van der Waals surface area contributed by atoms with Gasteiger partial charge in [-0.05, 0) is 37.1 Å². The van der Waals surface area contributed by atoms with E-state index in [0.717, 1.165) is 18.4 Å². The van der Waals surface area contributed by atoms with Gasteiger partial charge in [-0.2, -0.15) is 0 Å². The lowest BCUT2D eigenvalue weighted by Crippen LogP contribution is -2.38. The van der Waals surface area contributed by atoms with Crippen molar-refractivity contribution in [1.29, 1.82) is 0 Å². The average Bonchev–Trinajstić information content (AvgIpc) is 3.31. The molecule has 4 rings (SSSR count). The number of aryl methyl sites for hydroxylation is 1. The van der Waals surface area contributed by atoms with E-state index < -0.39 is 0 Å². The van der Waals surface area contributed by atoms with Crippen LogP contribution in [0.2, 0.25) is 5.02 Å². The Morgan fingerprint density at radius 1 is 1.19 bits per heavy atom. The van der Waals surface area contributed by atoms with Gasteiger partial charge in [0.25, 0.3) is 5.91 Å². The maximum Gasteiger partial charge on any atom is 0.276 e. The summed E-state index contributed by atoms with van der Waals surface area (Å²) in [6.45, 7) is 3.01. The van der Waals surface area contributed by atoms with E-state index in [4.69, 9.17) is 20.5 Å². The summed E-state index contributed by atoms with van der Waals surface area (Å²) in [4.78, 5) is 14.5. The summed E-state index contributed by atoms with van der Waals surface area (Å²) in [5.74, 6) is 1.83. The molecule has 0 unspecified atom stereocenters. The van der Waals surface area contributed by atoms with Crippen molar-refractivity contribution >= 4 is 17.5 Å². The fourth-order valence-corrected chi connectivity index (χ4v) is 3.22. The van der Waals surface area contributed by atoms with Gasteiger partial charge in [0.15, 0.2) is 11.5 Å². The molecular weight excluding hydrogens is 356 g/mol. The van der Waals surface area contributed by atoms with Crippen molar-refractivity contribution in [2.24, 2.45) is 0 Å². The molecule has 2 aromatic heterocycles. The number of benzene rings is 1. The molecule has 1 saturated heterocycles. The Bertz CT molecular complexity index is 911. The van der Waals surface area contributed by atoms with E-state index in [2.05, 4.69) is 15.4 Å². The van der Waals surface area contributed by atoms with Crippen molar-refractivity contribution in [3.8, 4) is 11.3 Å². The topological polar surface area (TPSA) is 85.3 Å². The first-order chi connectivity index (χ1) is 12.6. The second-order valence-corrected chi connectivity index (χ2v) is 6.75. The summed E-state index contributed by atoms with van der Waals surface area (Å²) in [5.41, 5.74) is 1.13. The predicted octanol–water partition coefficient (Wildman–Crippen LogP) is 3.71. The van der Waals surface area contributed by atoms with Crippen LogP contribution in [-0.2, 0) is 0 Å². The van der Waals surface area contributed by atoms with Crippen LogP contribution in [0.1, 0.15) is 41.0 Å². The third-order valence-electron chi connectivity index (χ3n) is 4.53. The van der Waals surface area contributed by atoms with Crippen molar-refractivity contribution in [3.05, 3.63) is 52.8 Å². The molecule has 26 heavy (non-hydrogen) atoms. The van der Waals surface area contributed by atoms with Crippen LogP contribution in [0.15, 0.2) is 39.3 Å². The van der Waals surface area contributed by atoms with Crippen molar-refractivity contribution in [3.63, 3.8) is 0 Å². The minimum absolute atomic E-state index is 0.130. The number of hydrogen-bond acceptors (Lipinski definition) is 6. The summed E-state index contributed by atoms with van der Waals surface area (Å²) < 4.78 is 10.8. The van der Waals surface area contributed by atoms with Crippen molar-refractivity contribution in [2.45, 2.75) is 25.7 Å². The second-order valence-electron chi connectivity index (χ2n) is 6.31. The van der Waals surface area contributed by atoms with Crippen LogP contribution in [0.3, 0.4) is 0 Å². The molecule has 0 spiro atoms. The van der Waals surface area contributed by atoms with Crippen LogP contribution in [0.25, 0.3) is 11.3 Å². The molecule has 0 saturated carbocycles. The minimum Gasteiger partial charge on any atom is -0.425 e. The Morgan fingerprint density at radius 2 is 1.92 bits per heavy atom. The number of amides is 1. The number of likely N-dealkylation sites (tertiary alicyclic amines) is 1. The first-order valence-electron chi connectivity index (χ1n) is 8.42. The van der Waals surface area contributed by atoms with Gasteiger partial charge in [0.1, 0.15) is 0 Å². The molecule has 0 N–H and O–H groups in total. The smallest absolute Gasteiger partial charge is 0.276 e. The van der Waals surface area contributed by atoms with Gasteiger partial charge in [-0.25, -0.2) is 0 Å². The van der Waals surface area contributed by atoms with Gasteiger partial charge in [0, 0.05) is 42.6 Å². The van der Waals surface area contributed by atoms with E-state index >= 15 is 0 Å². The number of carbonyl (C=O) groups is 1. The highest BCUT2D eigenvalue weighted by molar-refractivity contribution is 6.30. The zero-order valence-corrected chi connectivity index (χ0v) is 14.9. The molecule has 1 aliphatic heterocycles. The predicted molar refractivity (Wildman–Crippen MR) is 93.9 cm³/mol. The molecule has 1 fully saturated rings. The quantitative estimate of drug-likeness (QED) is 0.696. The molecule has 134 valence electrons. The molecule has 1 amide bonds. The lowest BCUT2D eigenvalue weighted by molar-refractivity contribution is 0.0695. The zero-order valence-electron chi connectivity index (χ0n) is 14.2. The third-order valence-corrected chi connectivity index (χ3v) is 4.78. The maximum atomic E-state index is 12.7. The summed E-state index contributed by atoms with van der Waals surface area (Å²) in [7, 11) is 0. The minimum atomic E-state index is -0.130. The highest BCUT2D eigenvalue weighted by Crippen LogP contribution is 2.28. The summed E-state index contributed by atoms with van der Waals surface area (Å²) in [6.07, 6.45) is 1.57. The van der Waals surface area contributed by atoms with E-state index in [1.807, 2.05) is 12.1 Å². The number of carbonyl (C=O) groups excluding carboxylic acids is 1. The van der Waals surface area contributed by atoms with E-state index in [1.54, 1.807) is 30.0 Å². The summed E-state index contributed by atoms with van der Waals surface area (Å²) >= 11 is 5.89. The number of piperidine rings is 1. The van der Waals surface area contributed by atoms with Gasteiger partial charge in [0.05, 0.1) is 0 Å². The lowest BCUT2D eigenvalue weighted by Gasteiger charge is -2.29. The van der Waals surface area contributed by atoms with Crippen LogP contribution in [-0.4, -0.2) is 39.3 Å². The monoisotopic (exact) mass is 372 g/mol. The highest BCUT2D eigenvalue weighted by Gasteiger charge is 2.29. The number of rotatable bonds is 3. The normalized spacial score (nSPS) is 15.4. The summed E-state index contributed by atoms with van der Waals surface area (Å²) in [6, 6.07) is 8.86. The van der Waals surface area contributed by atoms with Crippen LogP contribution >= 0.6 is 11.6 Å². The molecular formula is C18H17ClN4O3. The van der Waals surface area contributed by atoms with Crippen LogP contribution in [0, 0.1) is 6.92 Å². The van der Waals surface area contributed by atoms with Gasteiger partial charge in [-0.15, -0.1) is 10.2 Å². The molecule has 3 heterocycles. The maximum absolute atomic E-state index is 12.7. The van der Waals surface area contributed by atoms with E-state index in [0.29, 0.717) is 41.3 Å². The van der Waals surface area contributed by atoms with E-state index in [-0.39, 0.29) is 11.8 Å². The van der Waals surface area contributed by atoms with Crippen LogP contribution in [0.4, 0.5) is 0 Å². The molecule has 0 aliphatic carbocycles. The average molecular weight is 373 g/mol. The molecule has 1 aliphatic rings. The van der Waals surface area contributed by atoms with Crippen LogP contribution < -0.4 is 0 Å². The first-order valence-corrected chi connectivity index (χ1v) is 8.80. The molecule has 7 nitrogen and oxygen atoms in total. The molecule has 8 heteroatoms. The molecule has 1 aromatic carbocycles. The Hall–Kier alpha value is -2.67. The fourth-order valence-electron chi connectivity index (χ4n) is 3.09. The lowest BCUT2D eigenvalue weighted by atomic mass is 9.96.